The van der Waals surface area contributed by atoms with Crippen LogP contribution in [0.2, 0.25) is 0 Å². The lowest BCUT2D eigenvalue weighted by molar-refractivity contribution is -0.153. The van der Waals surface area contributed by atoms with Crippen LogP contribution in [0.5, 0.6) is 0 Å². The molecule has 0 unspecified atom stereocenters. The molecule has 2 N–H and O–H groups in total. The number of carbonyl (C=O) groups is 3. The summed E-state index contributed by atoms with van der Waals surface area (Å²) in [6, 6.07) is 10.4. The van der Waals surface area contributed by atoms with Gasteiger partial charge in [0.25, 0.3) is 11.8 Å². The van der Waals surface area contributed by atoms with Crippen molar-refractivity contribution in [2.24, 2.45) is 0 Å². The van der Waals surface area contributed by atoms with Crippen LogP contribution in [0.3, 0.4) is 0 Å². The molecule has 0 spiro atoms. The maximum Gasteiger partial charge on any atom is 0.335 e. The summed E-state index contributed by atoms with van der Waals surface area (Å²) in [6.07, 6.45) is -0.405. The lowest BCUT2D eigenvalue weighted by Crippen LogP contribution is -2.35. The number of imide groups is 1. The number of aromatic carboxylic acids is 1. The van der Waals surface area contributed by atoms with E-state index in [1.54, 1.807) is 0 Å². The first-order chi connectivity index (χ1) is 10.9. The summed E-state index contributed by atoms with van der Waals surface area (Å²) in [5.41, 5.74) is -0.168. The second-order valence-electron chi connectivity index (χ2n) is 4.67. The van der Waals surface area contributed by atoms with Gasteiger partial charge < -0.3 is 5.11 Å². The Morgan fingerprint density at radius 1 is 1.04 bits per heavy atom. The summed E-state index contributed by atoms with van der Waals surface area (Å²) in [4.78, 5) is 34.7. The van der Waals surface area contributed by atoms with Gasteiger partial charge in [0.1, 0.15) is 5.82 Å². The molecule has 0 aliphatic rings. The number of carboxylic acids is 1. The first-order valence-electron chi connectivity index (χ1n) is 6.53. The maximum atomic E-state index is 13.5. The van der Waals surface area contributed by atoms with E-state index in [0.717, 1.165) is 12.1 Å². The van der Waals surface area contributed by atoms with E-state index < -0.39 is 35.6 Å². The summed E-state index contributed by atoms with van der Waals surface area (Å²) >= 11 is 0. The zero-order valence-corrected chi connectivity index (χ0v) is 11.8. The van der Waals surface area contributed by atoms with E-state index in [0.29, 0.717) is 5.56 Å². The van der Waals surface area contributed by atoms with Crippen molar-refractivity contribution in [2.45, 2.75) is 6.42 Å². The Bertz CT molecular complexity index is 775. The minimum atomic E-state index is -1.19. The minimum Gasteiger partial charge on any atom is -0.478 e. The molecule has 0 bridgehead atoms. The maximum absolute atomic E-state index is 13.5. The zero-order valence-electron chi connectivity index (χ0n) is 11.8. The Morgan fingerprint density at radius 2 is 1.74 bits per heavy atom. The van der Waals surface area contributed by atoms with E-state index in [1.165, 1.54) is 36.4 Å². The van der Waals surface area contributed by atoms with Crippen LogP contribution in [0.4, 0.5) is 4.39 Å². The van der Waals surface area contributed by atoms with Gasteiger partial charge in [-0.15, -0.1) is 0 Å². The highest BCUT2D eigenvalue weighted by Crippen LogP contribution is 2.11. The third kappa shape index (κ3) is 3.78. The van der Waals surface area contributed by atoms with Gasteiger partial charge in [-0.3, -0.25) is 14.8 Å². The molecular formula is C16H12FNO5. The molecule has 23 heavy (non-hydrogen) atoms. The van der Waals surface area contributed by atoms with Crippen LogP contribution in [0.15, 0.2) is 48.5 Å². The van der Waals surface area contributed by atoms with Crippen molar-refractivity contribution < 1.29 is 29.1 Å². The smallest absolute Gasteiger partial charge is 0.335 e. The fourth-order valence-corrected chi connectivity index (χ4v) is 1.93. The van der Waals surface area contributed by atoms with Crippen LogP contribution in [0, 0.1) is 5.82 Å². The molecule has 7 heteroatoms. The van der Waals surface area contributed by atoms with E-state index in [-0.39, 0.29) is 10.6 Å². The van der Waals surface area contributed by atoms with E-state index in [1.807, 2.05) is 0 Å². The number of carbonyl (C=O) groups excluding carboxylic acids is 2. The van der Waals surface area contributed by atoms with Crippen molar-refractivity contribution in [3.63, 3.8) is 0 Å². The molecule has 0 saturated carbocycles. The summed E-state index contributed by atoms with van der Waals surface area (Å²) in [7, 11) is 0. The fourth-order valence-electron chi connectivity index (χ4n) is 1.93. The highest BCUT2D eigenvalue weighted by molar-refractivity contribution is 6.04. The molecule has 0 aliphatic heterocycles. The van der Waals surface area contributed by atoms with Crippen LogP contribution >= 0.6 is 0 Å². The number of benzene rings is 2. The molecule has 0 aromatic heterocycles. The molecule has 0 fully saturated rings. The van der Waals surface area contributed by atoms with Gasteiger partial charge in [-0.1, -0.05) is 24.3 Å². The van der Waals surface area contributed by atoms with E-state index in [2.05, 4.69) is 0 Å². The largest absolute Gasteiger partial charge is 0.478 e. The van der Waals surface area contributed by atoms with Gasteiger partial charge in [0, 0.05) is 0 Å². The monoisotopic (exact) mass is 317 g/mol. The molecule has 2 aromatic rings. The van der Waals surface area contributed by atoms with Gasteiger partial charge in [-0.25, -0.2) is 9.18 Å². The van der Waals surface area contributed by atoms with Crippen molar-refractivity contribution in [1.29, 1.82) is 0 Å². The first kappa shape index (κ1) is 16.3. The number of amides is 2. The summed E-state index contributed by atoms with van der Waals surface area (Å²) in [6.45, 7) is 0. The number of rotatable bonds is 4. The summed E-state index contributed by atoms with van der Waals surface area (Å²) in [5, 5.41) is 18.4. The molecule has 0 aliphatic carbocycles. The predicted octanol–water partition coefficient (Wildman–Crippen LogP) is 2.12. The molecule has 0 saturated heterocycles. The van der Waals surface area contributed by atoms with Crippen LogP contribution < -0.4 is 0 Å². The second kappa shape index (κ2) is 6.80. The first-order valence-corrected chi connectivity index (χ1v) is 6.53. The Labute approximate surface area is 130 Å². The van der Waals surface area contributed by atoms with Gasteiger partial charge in [-0.2, -0.15) is 5.06 Å². The Hall–Kier alpha value is -3.06. The average Bonchev–Trinajstić information content (AvgIpc) is 2.54. The van der Waals surface area contributed by atoms with Crippen molar-refractivity contribution in [3.05, 3.63) is 71.0 Å². The lowest BCUT2D eigenvalue weighted by atomic mass is 10.1. The molecule has 2 amide bonds. The Morgan fingerprint density at radius 3 is 2.39 bits per heavy atom. The van der Waals surface area contributed by atoms with E-state index in [4.69, 9.17) is 5.11 Å². The van der Waals surface area contributed by atoms with Crippen LogP contribution in [-0.2, 0) is 11.2 Å². The number of nitrogens with zero attached hydrogens (tertiary/aromatic N) is 1. The third-order valence-corrected chi connectivity index (χ3v) is 3.06. The van der Waals surface area contributed by atoms with Gasteiger partial charge in [-0.05, 0) is 29.8 Å². The molecular weight excluding hydrogens is 305 g/mol. The molecule has 0 radical (unpaired) electrons. The predicted molar refractivity (Wildman–Crippen MR) is 76.5 cm³/mol. The molecule has 2 rings (SSSR count). The Kier molecular flexibility index (Phi) is 4.82. The lowest BCUT2D eigenvalue weighted by Gasteiger charge is -2.13. The molecule has 0 atom stereocenters. The number of hydrogen-bond acceptors (Lipinski definition) is 4. The van der Waals surface area contributed by atoms with Crippen LogP contribution in [-0.4, -0.2) is 33.2 Å². The standard InChI is InChI=1S/C16H12FNO5/c17-13-7-2-1-6-12(13)15(20)18(23)14(19)9-10-4-3-5-11(8-10)16(21)22/h1-8,23H,9H2,(H,21,22). The summed E-state index contributed by atoms with van der Waals surface area (Å²) < 4.78 is 13.5. The molecule has 6 nitrogen and oxygen atoms in total. The van der Waals surface area contributed by atoms with Crippen molar-refractivity contribution in [1.82, 2.24) is 5.06 Å². The highest BCUT2D eigenvalue weighted by atomic mass is 19.1. The van der Waals surface area contributed by atoms with E-state index in [9.17, 15) is 24.0 Å². The van der Waals surface area contributed by atoms with Crippen LogP contribution in [0.25, 0.3) is 0 Å². The third-order valence-electron chi connectivity index (χ3n) is 3.06. The van der Waals surface area contributed by atoms with Crippen molar-refractivity contribution >= 4 is 17.8 Å². The highest BCUT2D eigenvalue weighted by Gasteiger charge is 2.23. The average molecular weight is 317 g/mol. The normalized spacial score (nSPS) is 10.2. The fraction of sp³-hybridized carbons (Fsp3) is 0.0625. The second-order valence-corrected chi connectivity index (χ2v) is 4.67. The van der Waals surface area contributed by atoms with Crippen LogP contribution in [0.1, 0.15) is 26.3 Å². The zero-order chi connectivity index (χ0) is 17.0. The molecule has 2 aromatic carbocycles. The van der Waals surface area contributed by atoms with E-state index >= 15 is 0 Å². The number of carboxylic acid groups (broad SMARTS) is 1. The van der Waals surface area contributed by atoms with Crippen molar-refractivity contribution in [2.75, 3.05) is 0 Å². The Balaban J connectivity index is 2.14. The SMILES string of the molecule is O=C(O)c1cccc(CC(=O)N(O)C(=O)c2ccccc2F)c1. The van der Waals surface area contributed by atoms with Gasteiger partial charge in [0.15, 0.2) is 0 Å². The van der Waals surface area contributed by atoms with Gasteiger partial charge in [0.2, 0.25) is 0 Å². The van der Waals surface area contributed by atoms with Gasteiger partial charge >= 0.3 is 5.97 Å². The quantitative estimate of drug-likeness (QED) is 0.665. The number of halogens is 1. The molecule has 118 valence electrons. The topological polar surface area (TPSA) is 94.9 Å². The van der Waals surface area contributed by atoms with Gasteiger partial charge in [0.05, 0.1) is 17.5 Å². The molecule has 0 heterocycles. The number of hydroxylamine groups is 2. The summed E-state index contributed by atoms with van der Waals surface area (Å²) in [5.74, 6) is -4.22. The minimum absolute atomic E-state index is 0.0276. The number of hydrogen-bond donors (Lipinski definition) is 2. The van der Waals surface area contributed by atoms with Crippen molar-refractivity contribution in [3.8, 4) is 0 Å².